The van der Waals surface area contributed by atoms with Crippen LogP contribution in [0.5, 0.6) is 0 Å². The molecule has 0 aromatic carbocycles. The van der Waals surface area contributed by atoms with Gasteiger partial charge in [-0.2, -0.15) is 0 Å². The number of rotatable bonds is 5. The summed E-state index contributed by atoms with van der Waals surface area (Å²) in [5.41, 5.74) is -1.20. The van der Waals surface area contributed by atoms with Gasteiger partial charge >= 0.3 is 12.1 Å². The van der Waals surface area contributed by atoms with Gasteiger partial charge in [-0.05, 0) is 29.8 Å². The molecule has 2 aromatic rings. The van der Waals surface area contributed by atoms with Crippen LogP contribution in [0.1, 0.15) is 16.7 Å². The smallest absolute Gasteiger partial charge is 0.325 e. The number of thiophene rings is 2. The highest BCUT2D eigenvalue weighted by molar-refractivity contribution is 7.10. The van der Waals surface area contributed by atoms with E-state index in [9.17, 15) is 19.2 Å². The minimum Gasteiger partial charge on any atom is -0.333 e. The first-order chi connectivity index (χ1) is 12.4. The minimum absolute atomic E-state index is 0.288. The number of urea groups is 2. The fourth-order valence-corrected chi connectivity index (χ4v) is 3.98. The molecular weight excluding hydrogens is 376 g/mol. The van der Waals surface area contributed by atoms with Gasteiger partial charge in [0.1, 0.15) is 6.54 Å². The molecule has 3 heterocycles. The van der Waals surface area contributed by atoms with Gasteiger partial charge in [0.25, 0.3) is 5.91 Å². The predicted octanol–water partition coefficient (Wildman–Crippen LogP) is 1.60. The zero-order valence-corrected chi connectivity index (χ0v) is 15.4. The van der Waals surface area contributed by atoms with Crippen molar-refractivity contribution in [2.75, 3.05) is 6.54 Å². The van der Waals surface area contributed by atoms with Crippen LogP contribution in [0.3, 0.4) is 0 Å². The van der Waals surface area contributed by atoms with E-state index in [-0.39, 0.29) is 6.54 Å². The van der Waals surface area contributed by atoms with Crippen LogP contribution in [-0.2, 0) is 21.7 Å². The minimum atomic E-state index is -1.20. The molecule has 1 fully saturated rings. The molecule has 1 aliphatic rings. The van der Waals surface area contributed by atoms with Crippen molar-refractivity contribution in [3.05, 3.63) is 44.8 Å². The van der Waals surface area contributed by atoms with Crippen LogP contribution in [0.4, 0.5) is 9.59 Å². The van der Waals surface area contributed by atoms with Crippen molar-refractivity contribution in [3.63, 3.8) is 0 Å². The highest BCUT2D eigenvalue weighted by Crippen LogP contribution is 2.31. The summed E-state index contributed by atoms with van der Waals surface area (Å²) in [4.78, 5) is 50.9. The van der Waals surface area contributed by atoms with Crippen LogP contribution in [0.2, 0.25) is 0 Å². The summed E-state index contributed by atoms with van der Waals surface area (Å²) in [6.07, 6.45) is 0. The van der Waals surface area contributed by atoms with E-state index in [1.54, 1.807) is 24.4 Å². The molecule has 8 nitrogen and oxygen atoms in total. The Labute approximate surface area is 157 Å². The zero-order chi connectivity index (χ0) is 18.7. The van der Waals surface area contributed by atoms with E-state index in [0.717, 1.165) is 9.78 Å². The molecule has 0 spiro atoms. The molecule has 3 rings (SSSR count). The Morgan fingerprint density at radius 2 is 1.92 bits per heavy atom. The first-order valence-corrected chi connectivity index (χ1v) is 9.44. The number of imide groups is 2. The van der Waals surface area contributed by atoms with Crippen LogP contribution in [0.25, 0.3) is 0 Å². The van der Waals surface area contributed by atoms with Gasteiger partial charge in [0.2, 0.25) is 5.91 Å². The van der Waals surface area contributed by atoms with Gasteiger partial charge in [0.15, 0.2) is 5.54 Å². The molecule has 2 aromatic heterocycles. The molecule has 0 saturated carbocycles. The van der Waals surface area contributed by atoms with Crippen molar-refractivity contribution in [2.24, 2.45) is 0 Å². The van der Waals surface area contributed by atoms with Crippen molar-refractivity contribution >= 4 is 46.6 Å². The topological polar surface area (TPSA) is 108 Å². The lowest BCUT2D eigenvalue weighted by molar-refractivity contribution is -0.134. The van der Waals surface area contributed by atoms with Crippen molar-refractivity contribution in [3.8, 4) is 0 Å². The lowest BCUT2D eigenvalue weighted by atomic mass is 10.0. The van der Waals surface area contributed by atoms with Crippen molar-refractivity contribution in [1.82, 2.24) is 20.9 Å². The van der Waals surface area contributed by atoms with Crippen molar-refractivity contribution in [2.45, 2.75) is 19.0 Å². The van der Waals surface area contributed by atoms with Crippen LogP contribution in [-0.4, -0.2) is 35.3 Å². The second-order valence-corrected chi connectivity index (χ2v) is 7.71. The summed E-state index contributed by atoms with van der Waals surface area (Å²) in [7, 11) is 0. The molecule has 1 unspecified atom stereocenters. The van der Waals surface area contributed by atoms with Crippen LogP contribution >= 0.6 is 22.7 Å². The van der Waals surface area contributed by atoms with Gasteiger partial charge in [0.05, 0.1) is 6.54 Å². The van der Waals surface area contributed by atoms with Gasteiger partial charge in [-0.25, -0.2) is 9.59 Å². The van der Waals surface area contributed by atoms with Crippen molar-refractivity contribution < 1.29 is 19.2 Å². The Balaban J connectivity index is 1.56. The maximum absolute atomic E-state index is 12.6. The third-order valence-electron chi connectivity index (χ3n) is 3.85. The normalized spacial score (nSPS) is 19.3. The number of hydrogen-bond acceptors (Lipinski definition) is 6. The standard InChI is InChI=1S/C16H16N4O4S2/c1-16(11-5-3-7-26-11)13(22)20(15(24)19-16)9-12(21)18-14(23)17-8-10-4-2-6-25-10/h2-7H,8-9H2,1H3,(H,19,24)(H2,17,18,21,23). The van der Waals surface area contributed by atoms with E-state index in [1.807, 2.05) is 17.5 Å². The van der Waals surface area contributed by atoms with E-state index in [2.05, 4.69) is 16.0 Å². The summed E-state index contributed by atoms with van der Waals surface area (Å²) in [6.45, 7) is 1.35. The summed E-state index contributed by atoms with van der Waals surface area (Å²) in [5.74, 6) is -1.27. The van der Waals surface area contributed by atoms with E-state index in [4.69, 9.17) is 0 Å². The molecule has 1 aliphatic heterocycles. The molecule has 26 heavy (non-hydrogen) atoms. The van der Waals surface area contributed by atoms with Gasteiger partial charge in [-0.3, -0.25) is 19.8 Å². The largest absolute Gasteiger partial charge is 0.333 e. The Hall–Kier alpha value is -2.72. The maximum Gasteiger partial charge on any atom is 0.325 e. The SMILES string of the molecule is CC1(c2cccs2)NC(=O)N(CC(=O)NC(=O)NCc2cccs2)C1=O. The summed E-state index contributed by atoms with van der Waals surface area (Å²) in [5, 5.41) is 10.9. The van der Waals surface area contributed by atoms with E-state index >= 15 is 0 Å². The lowest BCUT2D eigenvalue weighted by Crippen LogP contribution is -2.46. The van der Waals surface area contributed by atoms with Crippen molar-refractivity contribution in [1.29, 1.82) is 0 Å². The monoisotopic (exact) mass is 392 g/mol. The molecule has 1 atom stereocenters. The fourth-order valence-electron chi connectivity index (χ4n) is 2.51. The summed E-state index contributed by atoms with van der Waals surface area (Å²) < 4.78 is 0. The Morgan fingerprint density at radius 1 is 1.19 bits per heavy atom. The predicted molar refractivity (Wildman–Crippen MR) is 96.6 cm³/mol. The molecule has 0 bridgehead atoms. The van der Waals surface area contributed by atoms with Gasteiger partial charge in [-0.15, -0.1) is 22.7 Å². The van der Waals surface area contributed by atoms with E-state index in [1.165, 1.54) is 22.7 Å². The molecular formula is C16H16N4O4S2. The number of nitrogens with zero attached hydrogens (tertiary/aromatic N) is 1. The molecule has 0 radical (unpaired) electrons. The summed E-state index contributed by atoms with van der Waals surface area (Å²) in [6, 6.07) is 5.87. The Bertz CT molecular complexity index is 835. The molecule has 10 heteroatoms. The quantitative estimate of drug-likeness (QED) is 0.672. The van der Waals surface area contributed by atoms with Gasteiger partial charge in [-0.1, -0.05) is 12.1 Å². The Morgan fingerprint density at radius 3 is 2.58 bits per heavy atom. The number of carbonyl (C=O) groups is 4. The number of carbonyl (C=O) groups excluding carboxylic acids is 4. The first-order valence-electron chi connectivity index (χ1n) is 7.68. The molecule has 0 aliphatic carbocycles. The highest BCUT2D eigenvalue weighted by Gasteiger charge is 2.50. The average molecular weight is 392 g/mol. The zero-order valence-electron chi connectivity index (χ0n) is 13.8. The Kier molecular flexibility index (Phi) is 5.05. The number of hydrogen-bond donors (Lipinski definition) is 3. The molecule has 136 valence electrons. The third-order valence-corrected chi connectivity index (χ3v) is 5.81. The first kappa shape index (κ1) is 18.1. The fraction of sp³-hybridized carbons (Fsp3) is 0.250. The van der Waals surface area contributed by atoms with Crippen LogP contribution in [0.15, 0.2) is 35.0 Å². The molecule has 1 saturated heterocycles. The second kappa shape index (κ2) is 7.26. The number of nitrogens with one attached hydrogen (secondary N) is 3. The lowest BCUT2D eigenvalue weighted by Gasteiger charge is -2.19. The van der Waals surface area contributed by atoms with Gasteiger partial charge < -0.3 is 10.6 Å². The third kappa shape index (κ3) is 3.60. The maximum atomic E-state index is 12.6. The van der Waals surface area contributed by atoms with E-state index < -0.39 is 36.0 Å². The summed E-state index contributed by atoms with van der Waals surface area (Å²) >= 11 is 2.81. The van der Waals surface area contributed by atoms with Gasteiger partial charge in [0, 0.05) is 9.75 Å². The number of amides is 6. The second-order valence-electron chi connectivity index (χ2n) is 5.73. The van der Waals surface area contributed by atoms with E-state index in [0.29, 0.717) is 4.88 Å². The van der Waals surface area contributed by atoms with Crippen LogP contribution < -0.4 is 16.0 Å². The van der Waals surface area contributed by atoms with Crippen LogP contribution in [0, 0.1) is 0 Å². The average Bonchev–Trinajstić information content (AvgIpc) is 3.32. The molecule has 3 N–H and O–H groups in total. The highest BCUT2D eigenvalue weighted by atomic mass is 32.1. The molecule has 6 amide bonds.